The minimum absolute atomic E-state index is 1.25. The molecule has 0 atom stereocenters. The molecule has 0 N–H and O–H groups in total. The monoisotopic (exact) mass is 542 g/mol. The topological polar surface area (TPSA) is 9.86 Å². The predicted octanol–water partition coefficient (Wildman–Crippen LogP) is 8.70. The fourth-order valence-corrected chi connectivity index (χ4v) is 9.89. The molecule has 0 amide bonds. The van der Waals surface area contributed by atoms with E-state index in [-0.39, 0.29) is 0 Å². The zero-order valence-corrected chi connectivity index (χ0v) is 24.3. The van der Waals surface area contributed by atoms with Gasteiger partial charge in [0.25, 0.3) is 0 Å². The molecule has 2 nitrogen and oxygen atoms in total. The quantitative estimate of drug-likeness (QED) is 0.197. The Morgan fingerprint density at radius 3 is 0.951 bits per heavy atom. The molecule has 8 aromatic rings. The maximum Gasteiger partial charge on any atom is 0.117 e. The largest absolute Gasteiger partial charge is 0.309 e. The molecule has 0 aliphatic rings. The summed E-state index contributed by atoms with van der Waals surface area (Å²) in [6.07, 6.45) is 0. The molecule has 0 aliphatic heterocycles. The maximum atomic E-state index is 2.51. The van der Waals surface area contributed by atoms with Crippen LogP contribution in [0.4, 0.5) is 0 Å². The van der Waals surface area contributed by atoms with E-state index in [4.69, 9.17) is 0 Å². The van der Waals surface area contributed by atoms with Crippen molar-refractivity contribution in [2.45, 2.75) is 13.1 Å². The third-order valence-corrected chi connectivity index (χ3v) is 12.3. The minimum atomic E-state index is -2.25. The van der Waals surface area contributed by atoms with Crippen LogP contribution in [0.15, 0.2) is 146 Å². The molecule has 8 rings (SSSR count). The van der Waals surface area contributed by atoms with Crippen LogP contribution >= 0.6 is 0 Å². The van der Waals surface area contributed by atoms with Gasteiger partial charge in [0, 0.05) is 32.9 Å². The Labute approximate surface area is 240 Å². The first kappa shape index (κ1) is 24.0. The van der Waals surface area contributed by atoms with Crippen molar-refractivity contribution >= 4 is 62.1 Å². The van der Waals surface area contributed by atoms with Gasteiger partial charge in [0.15, 0.2) is 0 Å². The van der Waals surface area contributed by atoms with Gasteiger partial charge in [-0.2, -0.15) is 0 Å². The van der Waals surface area contributed by atoms with E-state index >= 15 is 0 Å². The summed E-state index contributed by atoms with van der Waals surface area (Å²) in [6, 6.07) is 53.4. The van der Waals surface area contributed by atoms with Crippen LogP contribution in [-0.2, 0) is 0 Å². The second-order valence-corrected chi connectivity index (χ2v) is 15.7. The molecule has 2 heterocycles. The number of fused-ring (bicyclic) bond motifs is 6. The smallest absolute Gasteiger partial charge is 0.117 e. The summed E-state index contributed by atoms with van der Waals surface area (Å²) in [7, 11) is -2.25. The van der Waals surface area contributed by atoms with E-state index in [1.54, 1.807) is 0 Å². The Hall–Kier alpha value is -4.86. The fraction of sp³-hybridized carbons (Fsp3) is 0.0526. The van der Waals surface area contributed by atoms with Gasteiger partial charge in [-0.25, -0.2) is 0 Å². The van der Waals surface area contributed by atoms with Crippen molar-refractivity contribution in [3.63, 3.8) is 0 Å². The first-order valence-corrected chi connectivity index (χ1v) is 17.3. The fourth-order valence-electron chi connectivity index (χ4n) is 6.90. The molecule has 196 valence electrons. The van der Waals surface area contributed by atoms with Gasteiger partial charge in [0.2, 0.25) is 0 Å². The molecule has 0 saturated carbocycles. The zero-order chi connectivity index (χ0) is 27.6. The predicted molar refractivity (Wildman–Crippen MR) is 178 cm³/mol. The summed E-state index contributed by atoms with van der Waals surface area (Å²) in [4.78, 5) is 0. The zero-order valence-electron chi connectivity index (χ0n) is 23.3. The van der Waals surface area contributed by atoms with Gasteiger partial charge in [-0.05, 0) is 46.8 Å². The van der Waals surface area contributed by atoms with Gasteiger partial charge in [0.1, 0.15) is 8.07 Å². The Balaban J connectivity index is 1.41. The number of hydrogen-bond acceptors (Lipinski definition) is 0. The van der Waals surface area contributed by atoms with Crippen LogP contribution in [0, 0.1) is 0 Å². The van der Waals surface area contributed by atoms with Crippen molar-refractivity contribution < 1.29 is 0 Å². The molecule has 3 heteroatoms. The maximum absolute atomic E-state index is 2.51. The minimum Gasteiger partial charge on any atom is -0.309 e. The van der Waals surface area contributed by atoms with Gasteiger partial charge in [0.05, 0.1) is 22.1 Å². The number of rotatable bonds is 4. The third kappa shape index (κ3) is 3.49. The van der Waals surface area contributed by atoms with Gasteiger partial charge in [-0.1, -0.05) is 122 Å². The molecule has 0 aliphatic carbocycles. The molecule has 0 unspecified atom stereocenters. The number of para-hydroxylation sites is 6. The number of hydrogen-bond donors (Lipinski definition) is 0. The second kappa shape index (κ2) is 9.08. The lowest BCUT2D eigenvalue weighted by atomic mass is 10.2. The third-order valence-electron chi connectivity index (χ3n) is 8.80. The molecular formula is C38H30N2Si. The van der Waals surface area contributed by atoms with Crippen molar-refractivity contribution in [3.05, 3.63) is 146 Å². The van der Waals surface area contributed by atoms with Crippen LogP contribution in [-0.4, -0.2) is 17.2 Å². The molecule has 0 bridgehead atoms. The number of nitrogens with zero attached hydrogens (tertiary/aromatic N) is 2. The van der Waals surface area contributed by atoms with E-state index in [1.807, 2.05) is 0 Å². The van der Waals surface area contributed by atoms with Gasteiger partial charge >= 0.3 is 0 Å². The van der Waals surface area contributed by atoms with Crippen LogP contribution in [0.3, 0.4) is 0 Å². The highest BCUT2D eigenvalue weighted by Gasteiger charge is 2.33. The van der Waals surface area contributed by atoms with Crippen LogP contribution in [0.1, 0.15) is 0 Å². The summed E-state index contributed by atoms with van der Waals surface area (Å²) >= 11 is 0. The second-order valence-electron chi connectivity index (χ2n) is 11.4. The summed E-state index contributed by atoms with van der Waals surface area (Å²) < 4.78 is 4.97. The van der Waals surface area contributed by atoms with Gasteiger partial charge in [-0.15, -0.1) is 0 Å². The summed E-state index contributed by atoms with van der Waals surface area (Å²) in [5.74, 6) is 0. The SMILES string of the molecule is C[Si](C)(c1ccccc1-n1c2ccccc2c2ccccc21)c1ccccc1-n1c2ccccc2c2ccccc21. The van der Waals surface area contributed by atoms with E-state index in [9.17, 15) is 0 Å². The number of aromatic nitrogens is 2. The van der Waals surface area contributed by atoms with Crippen LogP contribution in [0.25, 0.3) is 55.0 Å². The summed E-state index contributed by atoms with van der Waals surface area (Å²) in [5, 5.41) is 8.04. The van der Waals surface area contributed by atoms with E-state index < -0.39 is 8.07 Å². The van der Waals surface area contributed by atoms with Crippen LogP contribution in [0.2, 0.25) is 13.1 Å². The molecular weight excluding hydrogens is 513 g/mol. The van der Waals surface area contributed by atoms with E-state index in [2.05, 4.69) is 168 Å². The Morgan fingerprint density at radius 2 is 0.610 bits per heavy atom. The molecule has 0 saturated heterocycles. The van der Waals surface area contributed by atoms with Gasteiger partial charge in [-0.3, -0.25) is 0 Å². The highest BCUT2D eigenvalue weighted by atomic mass is 28.3. The summed E-state index contributed by atoms with van der Waals surface area (Å²) in [6.45, 7) is 5.01. The van der Waals surface area contributed by atoms with Crippen molar-refractivity contribution in [3.8, 4) is 11.4 Å². The highest BCUT2D eigenvalue weighted by Crippen LogP contribution is 2.34. The van der Waals surface area contributed by atoms with Crippen molar-refractivity contribution in [2.24, 2.45) is 0 Å². The Kier molecular flexibility index (Phi) is 5.31. The normalized spacial score (nSPS) is 12.1. The first-order valence-electron chi connectivity index (χ1n) is 14.3. The van der Waals surface area contributed by atoms with E-state index in [0.717, 1.165) is 0 Å². The molecule has 0 radical (unpaired) electrons. The molecule has 6 aromatic carbocycles. The molecule has 41 heavy (non-hydrogen) atoms. The molecule has 0 fully saturated rings. The number of benzene rings is 6. The Morgan fingerprint density at radius 1 is 0.341 bits per heavy atom. The van der Waals surface area contributed by atoms with Crippen LogP contribution < -0.4 is 10.4 Å². The van der Waals surface area contributed by atoms with Crippen molar-refractivity contribution in [1.82, 2.24) is 9.13 Å². The lowest BCUT2D eigenvalue weighted by Crippen LogP contribution is -2.55. The standard InChI is InChI=1S/C38H30N2Si/c1-41(2,37-25-13-11-23-35(37)39-31-19-7-3-15-27(31)28-16-4-8-20-32(28)39)38-26-14-12-24-36(38)40-33-21-9-5-17-29(33)30-18-6-10-22-34(30)40/h3-26H,1-2H3. The average Bonchev–Trinajstić information content (AvgIpc) is 3.54. The van der Waals surface area contributed by atoms with E-state index in [0.29, 0.717) is 0 Å². The van der Waals surface area contributed by atoms with Gasteiger partial charge < -0.3 is 9.13 Å². The van der Waals surface area contributed by atoms with Crippen molar-refractivity contribution in [2.75, 3.05) is 0 Å². The van der Waals surface area contributed by atoms with Crippen LogP contribution in [0.5, 0.6) is 0 Å². The highest BCUT2D eigenvalue weighted by molar-refractivity contribution is 7.01. The van der Waals surface area contributed by atoms with Crippen molar-refractivity contribution in [1.29, 1.82) is 0 Å². The Bertz CT molecular complexity index is 1980. The first-order chi connectivity index (χ1) is 20.1. The molecule has 2 aromatic heterocycles. The lowest BCUT2D eigenvalue weighted by molar-refractivity contribution is 1.18. The molecule has 0 spiro atoms. The lowest BCUT2D eigenvalue weighted by Gasteiger charge is -2.30. The summed E-state index contributed by atoms with van der Waals surface area (Å²) in [5.41, 5.74) is 7.56. The average molecular weight is 543 g/mol. The van der Waals surface area contributed by atoms with E-state index in [1.165, 1.54) is 65.4 Å².